The minimum atomic E-state index is -0.904. The molecule has 0 heterocycles. The first kappa shape index (κ1) is 14.3. The standard InChI is InChI=1S/C13H9BrF2N2O2/c14-7-4-11(9(16)5-8(7)15)18-13(20)6-1-2-10(17)12(19)3-6/h1-5,19H,17H2,(H,18,20). The molecular formula is C13H9BrF2N2O2. The number of anilines is 2. The van der Waals surface area contributed by atoms with Crippen LogP contribution in [0.2, 0.25) is 0 Å². The van der Waals surface area contributed by atoms with Crippen molar-refractivity contribution in [3.05, 3.63) is 52.0 Å². The van der Waals surface area contributed by atoms with Crippen LogP contribution in [0.15, 0.2) is 34.8 Å². The average Bonchev–Trinajstić information content (AvgIpc) is 2.39. The molecule has 0 unspecified atom stereocenters. The first-order valence-corrected chi connectivity index (χ1v) is 6.22. The Bertz CT molecular complexity index is 692. The molecular weight excluding hydrogens is 334 g/mol. The summed E-state index contributed by atoms with van der Waals surface area (Å²) in [5.41, 5.74) is 5.45. The second-order valence-electron chi connectivity index (χ2n) is 3.97. The second-order valence-corrected chi connectivity index (χ2v) is 4.83. The van der Waals surface area contributed by atoms with E-state index >= 15 is 0 Å². The van der Waals surface area contributed by atoms with E-state index in [1.165, 1.54) is 12.1 Å². The van der Waals surface area contributed by atoms with Crippen LogP contribution in [0.4, 0.5) is 20.2 Å². The molecule has 7 heteroatoms. The van der Waals surface area contributed by atoms with Crippen LogP contribution in [-0.4, -0.2) is 11.0 Å². The fourth-order valence-corrected chi connectivity index (χ4v) is 1.84. The molecule has 0 radical (unpaired) electrons. The van der Waals surface area contributed by atoms with Crippen molar-refractivity contribution in [1.29, 1.82) is 0 Å². The van der Waals surface area contributed by atoms with Crippen LogP contribution in [0.3, 0.4) is 0 Å². The molecule has 20 heavy (non-hydrogen) atoms. The lowest BCUT2D eigenvalue weighted by Crippen LogP contribution is -2.13. The molecule has 0 aromatic heterocycles. The number of carbonyl (C=O) groups excluding carboxylic acids is 1. The van der Waals surface area contributed by atoms with Gasteiger partial charge in [0.25, 0.3) is 5.91 Å². The lowest BCUT2D eigenvalue weighted by molar-refractivity contribution is 0.102. The minimum Gasteiger partial charge on any atom is -0.506 e. The molecule has 2 aromatic rings. The number of carbonyl (C=O) groups is 1. The van der Waals surface area contributed by atoms with Gasteiger partial charge in [-0.15, -0.1) is 0 Å². The van der Waals surface area contributed by atoms with Crippen LogP contribution in [0.5, 0.6) is 5.75 Å². The highest BCUT2D eigenvalue weighted by Gasteiger charge is 2.13. The summed E-state index contributed by atoms with van der Waals surface area (Å²) >= 11 is 2.90. The molecule has 0 aliphatic heterocycles. The quantitative estimate of drug-likeness (QED) is 0.445. The second kappa shape index (κ2) is 5.46. The molecule has 0 saturated heterocycles. The zero-order chi connectivity index (χ0) is 14.9. The molecule has 2 rings (SSSR count). The molecule has 0 aliphatic carbocycles. The monoisotopic (exact) mass is 342 g/mol. The molecule has 4 nitrogen and oxygen atoms in total. The lowest BCUT2D eigenvalue weighted by atomic mass is 10.1. The van der Waals surface area contributed by atoms with Gasteiger partial charge in [-0.3, -0.25) is 4.79 Å². The Hall–Kier alpha value is -2.15. The molecule has 2 aromatic carbocycles. The largest absolute Gasteiger partial charge is 0.506 e. The maximum Gasteiger partial charge on any atom is 0.255 e. The fraction of sp³-hybridized carbons (Fsp3) is 0. The smallest absolute Gasteiger partial charge is 0.255 e. The topological polar surface area (TPSA) is 75.4 Å². The first-order chi connectivity index (χ1) is 9.38. The van der Waals surface area contributed by atoms with Crippen molar-refractivity contribution < 1.29 is 18.7 Å². The van der Waals surface area contributed by atoms with Crippen molar-refractivity contribution in [2.24, 2.45) is 0 Å². The summed E-state index contributed by atoms with van der Waals surface area (Å²) < 4.78 is 26.6. The van der Waals surface area contributed by atoms with Gasteiger partial charge in [0.1, 0.15) is 17.4 Å². The number of nitrogen functional groups attached to an aromatic ring is 1. The van der Waals surface area contributed by atoms with E-state index in [1.807, 2.05) is 0 Å². The van der Waals surface area contributed by atoms with E-state index in [4.69, 9.17) is 5.73 Å². The Labute approximate surface area is 121 Å². The van der Waals surface area contributed by atoms with Crippen LogP contribution in [0, 0.1) is 11.6 Å². The van der Waals surface area contributed by atoms with Gasteiger partial charge in [0.2, 0.25) is 0 Å². The van der Waals surface area contributed by atoms with Crippen LogP contribution < -0.4 is 11.1 Å². The summed E-state index contributed by atoms with van der Waals surface area (Å²) in [7, 11) is 0. The minimum absolute atomic E-state index is 0.0225. The maximum atomic E-state index is 13.5. The number of halogens is 3. The number of amides is 1. The van der Waals surface area contributed by atoms with Gasteiger partial charge in [-0.2, -0.15) is 0 Å². The molecule has 1 amide bonds. The maximum absolute atomic E-state index is 13.5. The SMILES string of the molecule is Nc1ccc(C(=O)Nc2cc(Br)c(F)cc2F)cc1O. The van der Waals surface area contributed by atoms with Crippen LogP contribution in [0.25, 0.3) is 0 Å². The predicted octanol–water partition coefficient (Wildman–Crippen LogP) is 3.27. The third-order valence-electron chi connectivity index (χ3n) is 2.55. The number of rotatable bonds is 2. The van der Waals surface area contributed by atoms with Gasteiger partial charge in [-0.25, -0.2) is 8.78 Å². The molecule has 0 aliphatic rings. The highest BCUT2D eigenvalue weighted by atomic mass is 79.9. The van der Waals surface area contributed by atoms with Crippen molar-refractivity contribution >= 4 is 33.2 Å². The van der Waals surface area contributed by atoms with Gasteiger partial charge in [0.15, 0.2) is 0 Å². The van der Waals surface area contributed by atoms with E-state index in [9.17, 15) is 18.7 Å². The summed E-state index contributed by atoms with van der Waals surface area (Å²) in [6.07, 6.45) is 0. The zero-order valence-corrected chi connectivity index (χ0v) is 11.5. The number of nitrogens with one attached hydrogen (secondary N) is 1. The number of phenols is 1. The molecule has 0 spiro atoms. The van der Waals surface area contributed by atoms with Crippen molar-refractivity contribution in [3.8, 4) is 5.75 Å². The number of hydrogen-bond acceptors (Lipinski definition) is 3. The molecule has 0 atom stereocenters. The normalized spacial score (nSPS) is 10.3. The summed E-state index contributed by atoms with van der Waals surface area (Å²) in [5, 5.41) is 11.7. The van der Waals surface area contributed by atoms with Gasteiger partial charge in [-0.05, 0) is 40.2 Å². The first-order valence-electron chi connectivity index (χ1n) is 5.43. The van der Waals surface area contributed by atoms with Gasteiger partial charge >= 0.3 is 0 Å². The van der Waals surface area contributed by atoms with Crippen LogP contribution in [0.1, 0.15) is 10.4 Å². The third kappa shape index (κ3) is 2.88. The average molecular weight is 343 g/mol. The van der Waals surface area contributed by atoms with E-state index in [1.54, 1.807) is 0 Å². The molecule has 0 saturated carbocycles. The number of phenolic OH excluding ortho intramolecular Hbond substituents is 1. The van der Waals surface area contributed by atoms with Gasteiger partial charge in [0, 0.05) is 11.6 Å². The van der Waals surface area contributed by atoms with Crippen molar-refractivity contribution in [2.75, 3.05) is 11.1 Å². The highest BCUT2D eigenvalue weighted by Crippen LogP contribution is 2.25. The van der Waals surface area contributed by atoms with E-state index < -0.39 is 17.5 Å². The number of nitrogens with two attached hydrogens (primary N) is 1. The molecule has 4 N–H and O–H groups in total. The van der Waals surface area contributed by atoms with Gasteiger partial charge in [0.05, 0.1) is 15.8 Å². The lowest BCUT2D eigenvalue weighted by Gasteiger charge is -2.08. The number of aromatic hydroxyl groups is 1. The fourth-order valence-electron chi connectivity index (χ4n) is 1.50. The van der Waals surface area contributed by atoms with Crippen molar-refractivity contribution in [1.82, 2.24) is 0 Å². The molecule has 104 valence electrons. The van der Waals surface area contributed by atoms with Gasteiger partial charge in [-0.1, -0.05) is 0 Å². The summed E-state index contributed by atoms with van der Waals surface area (Å²) in [6.45, 7) is 0. The Kier molecular flexibility index (Phi) is 3.89. The molecule has 0 bridgehead atoms. The zero-order valence-electron chi connectivity index (χ0n) is 9.95. The Morgan fingerprint density at radius 3 is 2.55 bits per heavy atom. The predicted molar refractivity (Wildman–Crippen MR) is 74.5 cm³/mol. The number of benzene rings is 2. The number of hydrogen-bond donors (Lipinski definition) is 3. The Morgan fingerprint density at radius 2 is 1.90 bits per heavy atom. The third-order valence-corrected chi connectivity index (χ3v) is 3.16. The van der Waals surface area contributed by atoms with Crippen LogP contribution in [-0.2, 0) is 0 Å². The van der Waals surface area contributed by atoms with E-state index in [0.29, 0.717) is 6.07 Å². The van der Waals surface area contributed by atoms with E-state index in [-0.39, 0.29) is 27.2 Å². The Balaban J connectivity index is 2.27. The Morgan fingerprint density at radius 1 is 1.20 bits per heavy atom. The van der Waals surface area contributed by atoms with E-state index in [2.05, 4.69) is 21.2 Å². The highest BCUT2D eigenvalue weighted by molar-refractivity contribution is 9.10. The van der Waals surface area contributed by atoms with Gasteiger partial charge < -0.3 is 16.2 Å². The van der Waals surface area contributed by atoms with Crippen molar-refractivity contribution in [2.45, 2.75) is 0 Å². The summed E-state index contributed by atoms with van der Waals surface area (Å²) in [4.78, 5) is 11.9. The van der Waals surface area contributed by atoms with Crippen LogP contribution >= 0.6 is 15.9 Å². The molecule has 0 fully saturated rings. The summed E-state index contributed by atoms with van der Waals surface area (Å²) in [6, 6.07) is 5.64. The summed E-state index contributed by atoms with van der Waals surface area (Å²) in [5.74, 6) is -2.58. The van der Waals surface area contributed by atoms with E-state index in [0.717, 1.165) is 12.1 Å². The van der Waals surface area contributed by atoms with Crippen molar-refractivity contribution in [3.63, 3.8) is 0 Å².